The van der Waals surface area contributed by atoms with E-state index in [9.17, 15) is 13.2 Å². The molecule has 0 spiro atoms. The zero-order chi connectivity index (χ0) is 26.9. The second-order valence-corrected chi connectivity index (χ2v) is 11.3. The molecule has 0 aliphatic carbocycles. The van der Waals surface area contributed by atoms with Crippen molar-refractivity contribution >= 4 is 32.4 Å². The molecule has 3 aromatic carbocycles. The topological polar surface area (TPSA) is 98.8 Å². The summed E-state index contributed by atoms with van der Waals surface area (Å²) in [6.45, 7) is 4.57. The SMILES string of the molecule is COc1ccc(N(Cc2nnc3n(CCC(C)C)c(=O)c4ccccc4n23)S(=O)(=O)c2ccccc2)cc1. The van der Waals surface area contributed by atoms with E-state index in [0.717, 1.165) is 6.42 Å². The highest BCUT2D eigenvalue weighted by Crippen LogP contribution is 2.28. The van der Waals surface area contributed by atoms with Gasteiger partial charge in [0.1, 0.15) is 5.75 Å². The third kappa shape index (κ3) is 4.63. The summed E-state index contributed by atoms with van der Waals surface area (Å²) in [6.07, 6.45) is 0.788. The molecule has 0 aliphatic rings. The molecule has 10 heteroatoms. The van der Waals surface area contributed by atoms with Crippen molar-refractivity contribution in [2.75, 3.05) is 11.4 Å². The molecule has 0 saturated carbocycles. The van der Waals surface area contributed by atoms with Crippen molar-refractivity contribution in [3.05, 3.63) is 95.0 Å². The van der Waals surface area contributed by atoms with Gasteiger partial charge in [0.25, 0.3) is 15.6 Å². The van der Waals surface area contributed by atoms with E-state index >= 15 is 0 Å². The Balaban J connectivity index is 1.70. The van der Waals surface area contributed by atoms with Crippen molar-refractivity contribution in [2.24, 2.45) is 5.92 Å². The van der Waals surface area contributed by atoms with Crippen molar-refractivity contribution in [3.63, 3.8) is 0 Å². The van der Waals surface area contributed by atoms with Gasteiger partial charge in [-0.15, -0.1) is 10.2 Å². The number of aromatic nitrogens is 4. The summed E-state index contributed by atoms with van der Waals surface area (Å²) in [5, 5.41) is 9.29. The number of benzene rings is 3. The first-order valence-electron chi connectivity index (χ1n) is 12.4. The Morgan fingerprint density at radius 1 is 0.921 bits per heavy atom. The minimum Gasteiger partial charge on any atom is -0.497 e. The van der Waals surface area contributed by atoms with E-state index in [2.05, 4.69) is 24.0 Å². The van der Waals surface area contributed by atoms with Crippen molar-refractivity contribution in [1.29, 1.82) is 0 Å². The first-order valence-corrected chi connectivity index (χ1v) is 13.8. The number of hydrogen-bond acceptors (Lipinski definition) is 6. The molecule has 0 aliphatic heterocycles. The summed E-state index contributed by atoms with van der Waals surface area (Å²) in [7, 11) is -2.41. The fraction of sp³-hybridized carbons (Fsp3) is 0.250. The Kier molecular flexibility index (Phi) is 6.90. The highest BCUT2D eigenvalue weighted by atomic mass is 32.2. The fourth-order valence-electron chi connectivity index (χ4n) is 4.42. The lowest BCUT2D eigenvalue weighted by atomic mass is 10.1. The summed E-state index contributed by atoms with van der Waals surface area (Å²) in [5.74, 6) is 1.78. The summed E-state index contributed by atoms with van der Waals surface area (Å²) in [5.41, 5.74) is 0.931. The average molecular weight is 532 g/mol. The van der Waals surface area contributed by atoms with Gasteiger partial charge in [0.05, 0.1) is 35.1 Å². The molecule has 0 amide bonds. The monoisotopic (exact) mass is 531 g/mol. The molecular weight excluding hydrogens is 502 g/mol. The third-order valence-corrected chi connectivity index (χ3v) is 8.27. The average Bonchev–Trinajstić information content (AvgIpc) is 3.35. The highest BCUT2D eigenvalue weighted by Gasteiger charge is 2.28. The minimum absolute atomic E-state index is 0.100. The summed E-state index contributed by atoms with van der Waals surface area (Å²) < 4.78 is 37.8. The minimum atomic E-state index is -3.97. The van der Waals surface area contributed by atoms with E-state index in [1.54, 1.807) is 76.7 Å². The Hall–Kier alpha value is -4.18. The van der Waals surface area contributed by atoms with Crippen LogP contribution in [-0.4, -0.2) is 34.7 Å². The number of sulfonamides is 1. The van der Waals surface area contributed by atoms with E-state index in [1.807, 2.05) is 18.2 Å². The normalized spacial score (nSPS) is 11.9. The van der Waals surface area contributed by atoms with Gasteiger partial charge in [-0.1, -0.05) is 44.2 Å². The van der Waals surface area contributed by atoms with Crippen molar-refractivity contribution in [2.45, 2.75) is 38.3 Å². The van der Waals surface area contributed by atoms with Gasteiger partial charge >= 0.3 is 0 Å². The fourth-order valence-corrected chi connectivity index (χ4v) is 5.86. The second-order valence-electron chi connectivity index (χ2n) is 9.43. The summed E-state index contributed by atoms with van der Waals surface area (Å²) in [6, 6.07) is 22.3. The van der Waals surface area contributed by atoms with Gasteiger partial charge in [0.2, 0.25) is 5.78 Å². The third-order valence-electron chi connectivity index (χ3n) is 6.48. The van der Waals surface area contributed by atoms with E-state index < -0.39 is 10.0 Å². The second kappa shape index (κ2) is 10.3. The van der Waals surface area contributed by atoms with Crippen LogP contribution in [0.25, 0.3) is 16.7 Å². The van der Waals surface area contributed by atoms with Crippen molar-refractivity contribution in [3.8, 4) is 5.75 Å². The number of hydrogen-bond donors (Lipinski definition) is 0. The number of methoxy groups -OCH3 is 1. The predicted molar refractivity (Wildman–Crippen MR) is 147 cm³/mol. The maximum atomic E-state index is 13.9. The molecule has 38 heavy (non-hydrogen) atoms. The summed E-state index contributed by atoms with van der Waals surface area (Å²) >= 11 is 0. The van der Waals surface area contributed by atoms with Crippen LogP contribution in [0.5, 0.6) is 5.75 Å². The quantitative estimate of drug-likeness (QED) is 0.278. The first kappa shape index (κ1) is 25.5. The van der Waals surface area contributed by atoms with E-state index in [0.29, 0.717) is 46.4 Å². The largest absolute Gasteiger partial charge is 0.497 e. The summed E-state index contributed by atoms with van der Waals surface area (Å²) in [4.78, 5) is 13.5. The van der Waals surface area contributed by atoms with Crippen molar-refractivity contribution < 1.29 is 13.2 Å². The molecule has 2 aromatic heterocycles. The number of aryl methyl sites for hydroxylation is 1. The van der Waals surface area contributed by atoms with Gasteiger partial charge in [-0.3, -0.25) is 18.1 Å². The number of para-hydroxylation sites is 1. The molecule has 0 saturated heterocycles. The smallest absolute Gasteiger partial charge is 0.264 e. The number of rotatable bonds is 9. The number of ether oxygens (including phenoxy) is 1. The number of nitrogens with zero attached hydrogens (tertiary/aromatic N) is 5. The van der Waals surface area contributed by atoms with Gasteiger partial charge < -0.3 is 4.74 Å². The zero-order valence-corrected chi connectivity index (χ0v) is 22.3. The molecule has 2 heterocycles. The van der Waals surface area contributed by atoms with Gasteiger partial charge in [-0.25, -0.2) is 8.42 Å². The van der Waals surface area contributed by atoms with Crippen molar-refractivity contribution in [1.82, 2.24) is 19.2 Å². The molecule has 0 unspecified atom stereocenters. The predicted octanol–water partition coefficient (Wildman–Crippen LogP) is 4.49. The molecule has 0 atom stereocenters. The lowest BCUT2D eigenvalue weighted by Crippen LogP contribution is -2.32. The van der Waals surface area contributed by atoms with E-state index in [1.165, 1.54) is 4.31 Å². The van der Waals surface area contributed by atoms with Crippen LogP contribution in [0.3, 0.4) is 0 Å². The molecule has 5 rings (SSSR count). The molecule has 5 aromatic rings. The Bertz CT molecular complexity index is 1740. The maximum absolute atomic E-state index is 13.9. The van der Waals surface area contributed by atoms with Crippen LogP contribution in [0.1, 0.15) is 26.1 Å². The van der Waals surface area contributed by atoms with Crippen LogP contribution in [-0.2, 0) is 23.1 Å². The molecule has 0 N–H and O–H groups in total. The van der Waals surface area contributed by atoms with E-state index in [4.69, 9.17) is 4.74 Å². The molecule has 196 valence electrons. The van der Waals surface area contributed by atoms with Crippen LogP contribution in [0, 0.1) is 5.92 Å². The van der Waals surface area contributed by atoms with Crippen LogP contribution in [0.4, 0.5) is 5.69 Å². The van der Waals surface area contributed by atoms with Gasteiger partial charge in [0.15, 0.2) is 5.82 Å². The lowest BCUT2D eigenvalue weighted by Gasteiger charge is -2.24. The van der Waals surface area contributed by atoms with Gasteiger partial charge in [-0.2, -0.15) is 0 Å². The van der Waals surface area contributed by atoms with Crippen LogP contribution in [0.15, 0.2) is 88.6 Å². The lowest BCUT2D eigenvalue weighted by molar-refractivity contribution is 0.415. The molecule has 0 fully saturated rings. The van der Waals surface area contributed by atoms with Gasteiger partial charge in [0, 0.05) is 6.54 Å². The van der Waals surface area contributed by atoms with Crippen LogP contribution < -0.4 is 14.6 Å². The molecule has 9 nitrogen and oxygen atoms in total. The highest BCUT2D eigenvalue weighted by molar-refractivity contribution is 7.92. The zero-order valence-electron chi connectivity index (χ0n) is 21.5. The Morgan fingerprint density at radius 3 is 2.29 bits per heavy atom. The molecule has 0 radical (unpaired) electrons. The van der Waals surface area contributed by atoms with E-state index in [-0.39, 0.29) is 17.0 Å². The number of anilines is 1. The van der Waals surface area contributed by atoms with Crippen LogP contribution in [0.2, 0.25) is 0 Å². The standard InChI is InChI=1S/C28H29N5O4S/c1-20(2)17-18-31-27(34)24-11-7-8-12-25(24)33-26(29-30-28(31)33)19-32(21-13-15-22(37-3)16-14-21)38(35,36)23-9-5-4-6-10-23/h4-16,20H,17-19H2,1-3H3. The first-order chi connectivity index (χ1) is 18.3. The maximum Gasteiger partial charge on any atom is 0.264 e. The molecule has 0 bridgehead atoms. The Morgan fingerprint density at radius 2 is 1.61 bits per heavy atom. The Labute approximate surface area is 221 Å². The van der Waals surface area contributed by atoms with Crippen LogP contribution >= 0.6 is 0 Å². The molecular formula is C28H29N5O4S. The number of fused-ring (bicyclic) bond motifs is 3. The van der Waals surface area contributed by atoms with Gasteiger partial charge in [-0.05, 0) is 60.9 Å².